The molecule has 0 fully saturated rings. The number of alkyl halides is 3. The molecule has 20 heavy (non-hydrogen) atoms. The number of carboxylic acid groups (broad SMARTS) is 1. The summed E-state index contributed by atoms with van der Waals surface area (Å²) in [5.74, 6) is -1.33. The van der Waals surface area contributed by atoms with Crippen molar-refractivity contribution in [2.24, 2.45) is 0 Å². The third-order valence-corrected chi connectivity index (χ3v) is 3.26. The summed E-state index contributed by atoms with van der Waals surface area (Å²) in [4.78, 5) is 18.7. The van der Waals surface area contributed by atoms with Gasteiger partial charge in [-0.25, -0.2) is 9.78 Å². The van der Waals surface area contributed by atoms with Gasteiger partial charge in [-0.2, -0.15) is 13.2 Å². The van der Waals surface area contributed by atoms with E-state index in [2.05, 4.69) is 9.97 Å². The zero-order valence-electron chi connectivity index (χ0n) is 9.76. The van der Waals surface area contributed by atoms with E-state index in [1.54, 1.807) is 12.1 Å². The molecule has 0 unspecified atom stereocenters. The zero-order chi connectivity index (χ0) is 14.8. The number of carboxylic acids is 1. The normalized spacial score (nSPS) is 11.3. The maximum atomic E-state index is 12.6. The van der Waals surface area contributed by atoms with Gasteiger partial charge in [-0.1, -0.05) is 11.8 Å². The summed E-state index contributed by atoms with van der Waals surface area (Å²) >= 11 is 0.841. The summed E-state index contributed by atoms with van der Waals surface area (Å²) in [7, 11) is 0. The molecule has 1 N–H and O–H groups in total. The van der Waals surface area contributed by atoms with Crippen molar-refractivity contribution in [2.45, 2.75) is 16.1 Å². The Labute approximate surface area is 115 Å². The molecule has 0 atom stereocenters. The van der Waals surface area contributed by atoms with Crippen LogP contribution >= 0.6 is 11.8 Å². The molecule has 2 aromatic heterocycles. The van der Waals surface area contributed by atoms with Gasteiger partial charge < -0.3 is 5.11 Å². The molecule has 0 aliphatic carbocycles. The van der Waals surface area contributed by atoms with Gasteiger partial charge in [0.2, 0.25) is 0 Å². The Hall–Kier alpha value is -2.09. The van der Waals surface area contributed by atoms with Gasteiger partial charge in [0.25, 0.3) is 0 Å². The molecule has 0 bridgehead atoms. The lowest BCUT2D eigenvalue weighted by molar-refractivity contribution is -0.141. The fraction of sp³-hybridized carbons (Fsp3) is 0.0833. The van der Waals surface area contributed by atoms with E-state index in [1.807, 2.05) is 0 Å². The van der Waals surface area contributed by atoms with Gasteiger partial charge in [-0.3, -0.25) is 4.98 Å². The average molecular weight is 300 g/mol. The third kappa shape index (κ3) is 3.27. The predicted molar refractivity (Wildman–Crippen MR) is 64.6 cm³/mol. The number of rotatable bonds is 3. The summed E-state index contributed by atoms with van der Waals surface area (Å²) in [6.07, 6.45) is -1.71. The molecule has 0 aliphatic heterocycles. The molecule has 0 saturated carbocycles. The smallest absolute Gasteiger partial charge is 0.433 e. The third-order valence-electron chi connectivity index (χ3n) is 2.25. The van der Waals surface area contributed by atoms with E-state index in [0.29, 0.717) is 11.0 Å². The second-order valence-electron chi connectivity index (χ2n) is 3.64. The summed E-state index contributed by atoms with van der Waals surface area (Å²) < 4.78 is 37.8. The first-order chi connectivity index (χ1) is 9.38. The Bertz CT molecular complexity index is 632. The van der Waals surface area contributed by atoms with Crippen LogP contribution in [0.25, 0.3) is 0 Å². The highest BCUT2D eigenvalue weighted by Crippen LogP contribution is 2.33. The van der Waals surface area contributed by atoms with Crippen LogP contribution in [-0.4, -0.2) is 21.0 Å². The highest BCUT2D eigenvalue weighted by atomic mass is 32.2. The first kappa shape index (κ1) is 14.3. The average Bonchev–Trinajstić information content (AvgIpc) is 2.38. The molecule has 0 saturated heterocycles. The van der Waals surface area contributed by atoms with E-state index < -0.39 is 17.8 Å². The first-order valence-electron chi connectivity index (χ1n) is 5.27. The van der Waals surface area contributed by atoms with E-state index >= 15 is 0 Å². The molecule has 8 heteroatoms. The summed E-state index contributed by atoms with van der Waals surface area (Å²) in [6, 6.07) is 4.66. The maximum absolute atomic E-state index is 12.6. The van der Waals surface area contributed by atoms with Crippen LogP contribution in [0, 0.1) is 0 Å². The number of nitrogens with zero attached hydrogens (tertiary/aromatic N) is 2. The number of halogens is 3. The molecule has 0 aromatic carbocycles. The lowest BCUT2D eigenvalue weighted by Gasteiger charge is -2.10. The van der Waals surface area contributed by atoms with Gasteiger partial charge >= 0.3 is 12.1 Å². The molecule has 104 valence electrons. The molecule has 0 spiro atoms. The van der Waals surface area contributed by atoms with Crippen molar-refractivity contribution in [1.29, 1.82) is 0 Å². The van der Waals surface area contributed by atoms with Gasteiger partial charge in [0.1, 0.15) is 10.7 Å². The number of aromatic carboxylic acids is 1. The number of hydrogen-bond acceptors (Lipinski definition) is 4. The monoisotopic (exact) mass is 300 g/mol. The van der Waals surface area contributed by atoms with Crippen molar-refractivity contribution in [1.82, 2.24) is 9.97 Å². The van der Waals surface area contributed by atoms with Crippen molar-refractivity contribution in [3.8, 4) is 0 Å². The van der Waals surface area contributed by atoms with Gasteiger partial charge in [-0.05, 0) is 24.3 Å². The molecule has 0 amide bonds. The van der Waals surface area contributed by atoms with Crippen LogP contribution in [0.5, 0.6) is 0 Å². The Balaban J connectivity index is 2.45. The van der Waals surface area contributed by atoms with Crippen molar-refractivity contribution in [2.75, 3.05) is 0 Å². The lowest BCUT2D eigenvalue weighted by atomic mass is 10.2. The number of carbonyl (C=O) groups is 1. The second kappa shape index (κ2) is 5.49. The minimum Gasteiger partial charge on any atom is -0.478 e. The van der Waals surface area contributed by atoms with Crippen LogP contribution in [-0.2, 0) is 6.18 Å². The Morgan fingerprint density at radius 3 is 2.35 bits per heavy atom. The van der Waals surface area contributed by atoms with E-state index in [0.717, 1.165) is 17.8 Å². The zero-order valence-corrected chi connectivity index (χ0v) is 10.6. The minimum atomic E-state index is -4.62. The molecular formula is C12H7F3N2O2S. The number of pyridine rings is 2. The van der Waals surface area contributed by atoms with E-state index in [-0.39, 0.29) is 10.6 Å². The Kier molecular flexibility index (Phi) is 3.93. The highest BCUT2D eigenvalue weighted by molar-refractivity contribution is 7.99. The second-order valence-corrected chi connectivity index (χ2v) is 4.70. The molecular weight excluding hydrogens is 293 g/mol. The van der Waals surface area contributed by atoms with Crippen LogP contribution in [0.3, 0.4) is 0 Å². The van der Waals surface area contributed by atoms with Gasteiger partial charge in [0.15, 0.2) is 0 Å². The number of aromatic nitrogens is 2. The maximum Gasteiger partial charge on any atom is 0.433 e. The fourth-order valence-electron chi connectivity index (χ4n) is 1.36. The first-order valence-corrected chi connectivity index (χ1v) is 6.09. The van der Waals surface area contributed by atoms with Gasteiger partial charge in [-0.15, -0.1) is 0 Å². The summed E-state index contributed by atoms with van der Waals surface area (Å²) in [5.41, 5.74) is -1.40. The lowest BCUT2D eigenvalue weighted by Crippen LogP contribution is -2.11. The van der Waals surface area contributed by atoms with E-state index in [4.69, 9.17) is 5.11 Å². The molecule has 4 nitrogen and oxygen atoms in total. The topological polar surface area (TPSA) is 63.1 Å². The Morgan fingerprint density at radius 1 is 1.15 bits per heavy atom. The standard InChI is InChI=1S/C12H7F3N2O2S/c13-12(14,15)9-2-1-8(11(18)19)10(17-9)20-7-3-5-16-6-4-7/h1-6H,(H,18,19). The fourth-order valence-corrected chi connectivity index (χ4v) is 2.25. The minimum absolute atomic E-state index is 0.210. The van der Waals surface area contributed by atoms with Gasteiger partial charge in [0.05, 0.1) is 5.56 Å². The molecule has 2 aromatic rings. The van der Waals surface area contributed by atoms with Crippen molar-refractivity contribution in [3.63, 3.8) is 0 Å². The van der Waals surface area contributed by atoms with Crippen molar-refractivity contribution in [3.05, 3.63) is 47.9 Å². The quantitative estimate of drug-likeness (QED) is 0.942. The van der Waals surface area contributed by atoms with Crippen LogP contribution in [0.15, 0.2) is 46.6 Å². The molecule has 0 aliphatic rings. The van der Waals surface area contributed by atoms with Crippen LogP contribution in [0.1, 0.15) is 16.1 Å². The van der Waals surface area contributed by atoms with Crippen LogP contribution in [0.4, 0.5) is 13.2 Å². The highest BCUT2D eigenvalue weighted by Gasteiger charge is 2.33. The number of hydrogen-bond donors (Lipinski definition) is 1. The van der Waals surface area contributed by atoms with Gasteiger partial charge in [0, 0.05) is 17.3 Å². The van der Waals surface area contributed by atoms with Crippen molar-refractivity contribution >= 4 is 17.7 Å². The van der Waals surface area contributed by atoms with Crippen LogP contribution < -0.4 is 0 Å². The van der Waals surface area contributed by atoms with Crippen molar-refractivity contribution < 1.29 is 23.1 Å². The molecule has 2 rings (SSSR count). The molecule has 2 heterocycles. The summed E-state index contributed by atoms with van der Waals surface area (Å²) in [5, 5.41) is 8.78. The van der Waals surface area contributed by atoms with E-state index in [9.17, 15) is 18.0 Å². The Morgan fingerprint density at radius 2 is 1.80 bits per heavy atom. The largest absolute Gasteiger partial charge is 0.478 e. The SMILES string of the molecule is O=C(O)c1ccc(C(F)(F)F)nc1Sc1ccncc1. The summed E-state index contributed by atoms with van der Waals surface area (Å²) in [6.45, 7) is 0. The van der Waals surface area contributed by atoms with E-state index in [1.165, 1.54) is 12.4 Å². The predicted octanol–water partition coefficient (Wildman–Crippen LogP) is 3.34. The van der Waals surface area contributed by atoms with Crippen LogP contribution in [0.2, 0.25) is 0 Å². The molecule has 0 radical (unpaired) electrons.